The molecular weight excluding hydrogens is 304 g/mol. The van der Waals surface area contributed by atoms with Gasteiger partial charge >= 0.3 is 0 Å². The highest BCUT2D eigenvalue weighted by Crippen LogP contribution is 2.30. The summed E-state index contributed by atoms with van der Waals surface area (Å²) in [4.78, 5) is 14.6. The van der Waals surface area contributed by atoms with Crippen LogP contribution in [-0.4, -0.2) is 50.6 Å². The van der Waals surface area contributed by atoms with Crippen LogP contribution in [0, 0.1) is 5.41 Å². The van der Waals surface area contributed by atoms with Gasteiger partial charge in [0.15, 0.2) is 0 Å². The SMILES string of the molecule is CC1(CN)CCN(C(=O)c2ccccc2-n2cnnn2)C1.Cl. The van der Waals surface area contributed by atoms with Crippen LogP contribution in [0.2, 0.25) is 0 Å². The molecule has 3 rings (SSSR count). The van der Waals surface area contributed by atoms with Gasteiger partial charge in [-0.1, -0.05) is 19.1 Å². The topological polar surface area (TPSA) is 89.9 Å². The number of aromatic nitrogens is 4. The first-order valence-corrected chi connectivity index (χ1v) is 6.95. The van der Waals surface area contributed by atoms with E-state index in [9.17, 15) is 4.79 Å². The van der Waals surface area contributed by atoms with Gasteiger partial charge in [0.25, 0.3) is 5.91 Å². The Balaban J connectivity index is 0.00000176. The van der Waals surface area contributed by atoms with E-state index in [0.29, 0.717) is 24.3 Å². The fraction of sp³-hybridized carbons (Fsp3) is 0.429. The Hall–Kier alpha value is -1.99. The predicted molar refractivity (Wildman–Crippen MR) is 84.1 cm³/mol. The van der Waals surface area contributed by atoms with E-state index in [-0.39, 0.29) is 23.7 Å². The Morgan fingerprint density at radius 3 is 2.82 bits per heavy atom. The van der Waals surface area contributed by atoms with Crippen molar-refractivity contribution in [3.8, 4) is 5.69 Å². The molecule has 1 aromatic carbocycles. The molecule has 2 aromatic rings. The predicted octanol–water partition coefficient (Wildman–Crippen LogP) is 0.895. The summed E-state index contributed by atoms with van der Waals surface area (Å²) in [6.07, 6.45) is 2.42. The number of nitrogens with zero attached hydrogens (tertiary/aromatic N) is 5. The van der Waals surface area contributed by atoms with Crippen LogP contribution in [0.15, 0.2) is 30.6 Å². The molecule has 22 heavy (non-hydrogen) atoms. The highest BCUT2D eigenvalue weighted by molar-refractivity contribution is 5.97. The number of likely N-dealkylation sites (tertiary alicyclic amines) is 1. The molecule has 0 saturated carbocycles. The minimum absolute atomic E-state index is 0. The lowest BCUT2D eigenvalue weighted by Crippen LogP contribution is -2.34. The molecule has 8 heteroatoms. The van der Waals surface area contributed by atoms with Crippen molar-refractivity contribution < 1.29 is 4.79 Å². The maximum absolute atomic E-state index is 12.8. The molecule has 1 fully saturated rings. The van der Waals surface area contributed by atoms with Crippen molar-refractivity contribution in [1.29, 1.82) is 0 Å². The van der Waals surface area contributed by atoms with Crippen LogP contribution in [0.1, 0.15) is 23.7 Å². The second-order valence-corrected chi connectivity index (χ2v) is 5.76. The second-order valence-electron chi connectivity index (χ2n) is 5.76. The smallest absolute Gasteiger partial charge is 0.256 e. The number of carbonyl (C=O) groups excluding carboxylic acids is 1. The zero-order valence-corrected chi connectivity index (χ0v) is 13.2. The first kappa shape index (κ1) is 16.4. The summed E-state index contributed by atoms with van der Waals surface area (Å²) in [6, 6.07) is 7.35. The molecule has 0 bridgehead atoms. The number of amides is 1. The molecule has 1 aliphatic rings. The monoisotopic (exact) mass is 322 g/mol. The van der Waals surface area contributed by atoms with E-state index in [0.717, 1.165) is 13.0 Å². The van der Waals surface area contributed by atoms with Gasteiger partial charge in [-0.2, -0.15) is 4.68 Å². The molecule has 1 atom stereocenters. The first-order chi connectivity index (χ1) is 10.1. The molecule has 2 heterocycles. The van der Waals surface area contributed by atoms with Gasteiger partial charge in [-0.25, -0.2) is 0 Å². The average molecular weight is 323 g/mol. The molecule has 7 nitrogen and oxygen atoms in total. The van der Waals surface area contributed by atoms with E-state index >= 15 is 0 Å². The van der Waals surface area contributed by atoms with Gasteiger partial charge < -0.3 is 10.6 Å². The average Bonchev–Trinajstić information content (AvgIpc) is 3.17. The molecule has 1 amide bonds. The number of nitrogens with two attached hydrogens (primary N) is 1. The summed E-state index contributed by atoms with van der Waals surface area (Å²) in [5, 5.41) is 11.1. The van der Waals surface area contributed by atoms with Crippen LogP contribution >= 0.6 is 12.4 Å². The van der Waals surface area contributed by atoms with Crippen LogP contribution in [0.25, 0.3) is 5.69 Å². The Bertz CT molecular complexity index is 647. The van der Waals surface area contributed by atoms with Gasteiger partial charge in [-0.15, -0.1) is 17.5 Å². The van der Waals surface area contributed by atoms with Gasteiger partial charge in [0.2, 0.25) is 0 Å². The third kappa shape index (κ3) is 2.95. The van der Waals surface area contributed by atoms with Crippen molar-refractivity contribution in [3.05, 3.63) is 36.2 Å². The lowest BCUT2D eigenvalue weighted by atomic mass is 9.90. The van der Waals surface area contributed by atoms with Crippen molar-refractivity contribution >= 4 is 18.3 Å². The number of rotatable bonds is 3. The Labute approximate surface area is 134 Å². The summed E-state index contributed by atoms with van der Waals surface area (Å²) < 4.78 is 1.51. The van der Waals surface area contributed by atoms with Crippen LogP contribution in [0.5, 0.6) is 0 Å². The fourth-order valence-corrected chi connectivity index (χ4v) is 2.66. The molecule has 0 spiro atoms. The third-order valence-corrected chi connectivity index (χ3v) is 4.07. The minimum atomic E-state index is -0.00160. The Kier molecular flexibility index (Phi) is 4.77. The summed E-state index contributed by atoms with van der Waals surface area (Å²) in [6.45, 7) is 4.13. The molecule has 1 aromatic heterocycles. The van der Waals surface area contributed by atoms with Crippen LogP contribution < -0.4 is 5.73 Å². The standard InChI is InChI=1S/C14H18N6O.ClH/c1-14(8-15)6-7-19(9-14)13(21)11-4-2-3-5-12(11)20-10-16-17-18-20;/h2-5,10H,6-9,15H2,1H3;1H. The first-order valence-electron chi connectivity index (χ1n) is 6.95. The summed E-state index contributed by atoms with van der Waals surface area (Å²) in [5.74, 6) is -0.00160. The maximum Gasteiger partial charge on any atom is 0.256 e. The Morgan fingerprint density at radius 2 is 2.18 bits per heavy atom. The van der Waals surface area contributed by atoms with E-state index in [1.54, 1.807) is 6.07 Å². The third-order valence-electron chi connectivity index (χ3n) is 4.07. The fourth-order valence-electron chi connectivity index (χ4n) is 2.66. The normalized spacial score (nSPS) is 20.7. The molecule has 0 radical (unpaired) electrons. The van der Waals surface area contributed by atoms with Crippen LogP contribution in [0.3, 0.4) is 0 Å². The molecule has 1 aliphatic heterocycles. The van der Waals surface area contributed by atoms with Gasteiger partial charge in [0, 0.05) is 13.1 Å². The van der Waals surface area contributed by atoms with Gasteiger partial charge in [0.05, 0.1) is 11.3 Å². The lowest BCUT2D eigenvalue weighted by Gasteiger charge is -2.23. The number of hydrogen-bond acceptors (Lipinski definition) is 5. The van der Waals surface area contributed by atoms with Gasteiger partial charge in [-0.3, -0.25) is 4.79 Å². The van der Waals surface area contributed by atoms with Crippen molar-refractivity contribution in [3.63, 3.8) is 0 Å². The number of hydrogen-bond donors (Lipinski definition) is 1. The molecule has 1 saturated heterocycles. The highest BCUT2D eigenvalue weighted by atomic mass is 35.5. The maximum atomic E-state index is 12.8. The number of benzene rings is 1. The summed E-state index contributed by atoms with van der Waals surface area (Å²) >= 11 is 0. The van der Waals surface area contributed by atoms with E-state index in [1.165, 1.54) is 11.0 Å². The zero-order valence-electron chi connectivity index (χ0n) is 12.3. The van der Waals surface area contributed by atoms with Crippen molar-refractivity contribution in [2.45, 2.75) is 13.3 Å². The highest BCUT2D eigenvalue weighted by Gasteiger charge is 2.35. The summed E-state index contributed by atoms with van der Waals surface area (Å²) in [5.41, 5.74) is 7.11. The van der Waals surface area contributed by atoms with Crippen molar-refractivity contribution in [2.24, 2.45) is 11.1 Å². The molecular formula is C14H19ClN6O. The lowest BCUT2D eigenvalue weighted by molar-refractivity contribution is 0.0776. The van der Waals surface area contributed by atoms with Crippen molar-refractivity contribution in [2.75, 3.05) is 19.6 Å². The number of halogens is 1. The number of para-hydroxylation sites is 1. The van der Waals surface area contributed by atoms with Crippen LogP contribution in [-0.2, 0) is 0 Å². The number of carbonyl (C=O) groups is 1. The van der Waals surface area contributed by atoms with Gasteiger partial charge in [0.1, 0.15) is 6.33 Å². The minimum Gasteiger partial charge on any atom is -0.338 e. The van der Waals surface area contributed by atoms with Crippen LogP contribution in [0.4, 0.5) is 0 Å². The van der Waals surface area contributed by atoms with Crippen molar-refractivity contribution in [1.82, 2.24) is 25.1 Å². The zero-order chi connectivity index (χ0) is 14.9. The molecule has 1 unspecified atom stereocenters. The molecule has 2 N–H and O–H groups in total. The van der Waals surface area contributed by atoms with E-state index in [4.69, 9.17) is 5.73 Å². The molecule has 118 valence electrons. The largest absolute Gasteiger partial charge is 0.338 e. The Morgan fingerprint density at radius 1 is 1.41 bits per heavy atom. The van der Waals surface area contributed by atoms with E-state index in [1.807, 2.05) is 23.1 Å². The van der Waals surface area contributed by atoms with E-state index in [2.05, 4.69) is 22.4 Å². The van der Waals surface area contributed by atoms with Gasteiger partial charge in [-0.05, 0) is 40.9 Å². The molecule has 0 aliphatic carbocycles. The van der Waals surface area contributed by atoms with E-state index < -0.39 is 0 Å². The quantitative estimate of drug-likeness (QED) is 0.906. The second kappa shape index (κ2) is 6.41. The number of tetrazole rings is 1. The summed E-state index contributed by atoms with van der Waals surface area (Å²) in [7, 11) is 0.